The molecule has 3 aromatic heterocycles. The summed E-state index contributed by atoms with van der Waals surface area (Å²) in [6.45, 7) is 0. The van der Waals surface area contributed by atoms with Crippen molar-refractivity contribution in [3.63, 3.8) is 0 Å². The molecule has 0 bridgehead atoms. The van der Waals surface area contributed by atoms with E-state index in [4.69, 9.17) is 14.7 Å². The van der Waals surface area contributed by atoms with Crippen molar-refractivity contribution in [3.8, 4) is 28.1 Å². The van der Waals surface area contributed by atoms with Gasteiger partial charge in [-0.15, -0.1) is 0 Å². The largest absolute Gasteiger partial charge is 0.461 e. The van der Waals surface area contributed by atoms with Crippen LogP contribution in [0.1, 0.15) is 23.5 Å². The molecule has 0 saturated carbocycles. The van der Waals surface area contributed by atoms with Gasteiger partial charge in [0.1, 0.15) is 22.7 Å². The van der Waals surface area contributed by atoms with Crippen molar-refractivity contribution in [1.82, 2.24) is 14.4 Å². The van der Waals surface area contributed by atoms with Gasteiger partial charge in [-0.2, -0.15) is 0 Å². The quantitative estimate of drug-likeness (QED) is 0.225. The zero-order chi connectivity index (χ0) is 27.6. The fourth-order valence-corrected chi connectivity index (χ4v) is 6.54. The minimum Gasteiger partial charge on any atom is -0.461 e. The minimum absolute atomic E-state index is 0.295. The zero-order valence-corrected chi connectivity index (χ0v) is 22.7. The van der Waals surface area contributed by atoms with Gasteiger partial charge in [0.2, 0.25) is 0 Å². The first-order valence-electron chi connectivity index (χ1n) is 14.3. The lowest BCUT2D eigenvalue weighted by Crippen LogP contribution is -2.04. The predicted molar refractivity (Wildman–Crippen MR) is 169 cm³/mol. The lowest BCUT2D eigenvalue weighted by molar-refractivity contribution is 0.426. The summed E-state index contributed by atoms with van der Waals surface area (Å²) >= 11 is 0. The Hall–Kier alpha value is -5.48. The van der Waals surface area contributed by atoms with E-state index in [1.165, 1.54) is 22.3 Å². The number of para-hydroxylation sites is 2. The van der Waals surface area contributed by atoms with Gasteiger partial charge in [0.05, 0.1) is 16.7 Å². The summed E-state index contributed by atoms with van der Waals surface area (Å²) in [5.41, 5.74) is 12.1. The lowest BCUT2D eigenvalue weighted by atomic mass is 9.85. The molecule has 9 rings (SSSR count). The molecule has 7 aromatic rings. The first kappa shape index (κ1) is 23.2. The van der Waals surface area contributed by atoms with E-state index in [0.29, 0.717) is 5.92 Å². The summed E-state index contributed by atoms with van der Waals surface area (Å²) in [7, 11) is 0. The van der Waals surface area contributed by atoms with Crippen LogP contribution in [0.4, 0.5) is 0 Å². The molecule has 0 N–H and O–H groups in total. The second-order valence-corrected chi connectivity index (χ2v) is 11.0. The van der Waals surface area contributed by atoms with Gasteiger partial charge < -0.3 is 4.74 Å². The second-order valence-electron chi connectivity index (χ2n) is 11.0. The van der Waals surface area contributed by atoms with Gasteiger partial charge in [-0.1, -0.05) is 91.0 Å². The van der Waals surface area contributed by atoms with Crippen molar-refractivity contribution in [3.05, 3.63) is 150 Å². The monoisotopic (exact) mass is 539 g/mol. The summed E-state index contributed by atoms with van der Waals surface area (Å²) in [6.07, 6.45) is 7.36. The van der Waals surface area contributed by atoms with E-state index in [9.17, 15) is 0 Å². The van der Waals surface area contributed by atoms with E-state index < -0.39 is 0 Å². The van der Waals surface area contributed by atoms with Gasteiger partial charge in [-0.25, -0.2) is 9.97 Å². The number of ether oxygens (including phenoxy) is 1. The van der Waals surface area contributed by atoms with Crippen molar-refractivity contribution in [2.24, 2.45) is 0 Å². The highest BCUT2D eigenvalue weighted by atomic mass is 16.5. The van der Waals surface area contributed by atoms with Crippen LogP contribution in [0.5, 0.6) is 5.75 Å². The Labute approximate surface area is 242 Å². The van der Waals surface area contributed by atoms with Gasteiger partial charge in [-0.05, 0) is 65.1 Å². The number of nitrogens with zero attached hydrogens (tertiary/aromatic N) is 3. The maximum absolute atomic E-state index is 6.09. The summed E-state index contributed by atoms with van der Waals surface area (Å²) in [5, 5.41) is 1.07. The molecule has 4 nitrogen and oxygen atoms in total. The second kappa shape index (κ2) is 9.02. The summed E-state index contributed by atoms with van der Waals surface area (Å²) in [6, 6.07) is 40.4. The summed E-state index contributed by atoms with van der Waals surface area (Å²) < 4.78 is 8.24. The Bertz CT molecular complexity index is 2260. The van der Waals surface area contributed by atoms with Crippen LogP contribution in [-0.4, -0.2) is 14.4 Å². The molecule has 42 heavy (non-hydrogen) atoms. The van der Waals surface area contributed by atoms with Gasteiger partial charge in [0.25, 0.3) is 0 Å². The molecule has 1 aliphatic carbocycles. The van der Waals surface area contributed by atoms with Crippen molar-refractivity contribution < 1.29 is 4.74 Å². The molecule has 0 spiro atoms. The van der Waals surface area contributed by atoms with E-state index >= 15 is 0 Å². The maximum atomic E-state index is 6.09. The molecule has 1 unspecified atom stereocenters. The predicted octanol–water partition coefficient (Wildman–Crippen LogP) is 9.22. The smallest absolute Gasteiger partial charge is 0.137 e. The Morgan fingerprint density at radius 2 is 1.48 bits per heavy atom. The molecule has 4 heteroatoms. The minimum atomic E-state index is 0.295. The first-order chi connectivity index (χ1) is 20.8. The Balaban J connectivity index is 1.09. The van der Waals surface area contributed by atoms with E-state index in [1.54, 1.807) is 0 Å². The Morgan fingerprint density at radius 1 is 0.667 bits per heavy atom. The Kier molecular flexibility index (Phi) is 4.99. The van der Waals surface area contributed by atoms with Crippen molar-refractivity contribution >= 4 is 33.2 Å². The number of fused-ring (bicyclic) bond motifs is 8. The van der Waals surface area contributed by atoms with Gasteiger partial charge in [-0.3, -0.25) is 4.40 Å². The number of rotatable bonds is 3. The SMILES string of the molecule is C1=C(c2ccc(-c3cccc(-c4nc5ccccc5c5nc6ccccn6c45)c3)cc2)CC2C(=C1)Oc1ccccc12. The average molecular weight is 540 g/mol. The lowest BCUT2D eigenvalue weighted by Gasteiger charge is -2.18. The molecule has 0 fully saturated rings. The van der Waals surface area contributed by atoms with E-state index in [0.717, 1.165) is 62.3 Å². The fourth-order valence-electron chi connectivity index (χ4n) is 6.54. The topological polar surface area (TPSA) is 39.4 Å². The molecule has 0 saturated heterocycles. The van der Waals surface area contributed by atoms with E-state index in [1.807, 2.05) is 30.3 Å². The third-order valence-corrected chi connectivity index (χ3v) is 8.61. The molecule has 4 aromatic carbocycles. The van der Waals surface area contributed by atoms with Crippen LogP contribution in [0.15, 0.2) is 139 Å². The van der Waals surface area contributed by atoms with E-state index in [2.05, 4.69) is 108 Å². The third-order valence-electron chi connectivity index (χ3n) is 8.61. The van der Waals surface area contributed by atoms with E-state index in [-0.39, 0.29) is 0 Å². The fraction of sp³-hybridized carbons (Fsp3) is 0.0526. The highest BCUT2D eigenvalue weighted by molar-refractivity contribution is 6.09. The molecule has 1 aliphatic heterocycles. The van der Waals surface area contributed by atoms with Crippen molar-refractivity contribution in [2.75, 3.05) is 0 Å². The number of benzene rings is 4. The van der Waals surface area contributed by atoms with Crippen LogP contribution in [0.3, 0.4) is 0 Å². The van der Waals surface area contributed by atoms with Gasteiger partial charge in [0, 0.05) is 28.6 Å². The molecule has 0 amide bonds. The molecule has 1 atom stereocenters. The molecular formula is C38H25N3O. The first-order valence-corrected chi connectivity index (χ1v) is 14.3. The highest BCUT2D eigenvalue weighted by Gasteiger charge is 2.31. The molecular weight excluding hydrogens is 514 g/mol. The average Bonchev–Trinajstić information content (AvgIpc) is 3.63. The number of pyridine rings is 2. The third kappa shape index (κ3) is 3.55. The van der Waals surface area contributed by atoms with Gasteiger partial charge in [0.15, 0.2) is 0 Å². The van der Waals surface area contributed by atoms with Crippen molar-refractivity contribution in [1.29, 1.82) is 0 Å². The molecule has 198 valence electrons. The number of allylic oxidation sites excluding steroid dienone is 4. The number of aromatic nitrogens is 3. The number of hydrogen-bond acceptors (Lipinski definition) is 3. The standard InChI is InChI=1S/C38H25N3O/c1-3-12-32-30(11-1)37-38(41-21-6-5-14-35(41)40-37)36(39-32)28-9-7-8-26(22-28)24-15-17-25(18-16-24)27-19-20-34-31(23-27)29-10-2-4-13-33(29)42-34/h1-22,31H,23H2. The number of hydrogen-bond donors (Lipinski definition) is 0. The Morgan fingerprint density at radius 3 is 2.43 bits per heavy atom. The highest BCUT2D eigenvalue weighted by Crippen LogP contribution is 2.47. The van der Waals surface area contributed by atoms with Crippen LogP contribution < -0.4 is 4.74 Å². The van der Waals surface area contributed by atoms with Crippen LogP contribution in [0.2, 0.25) is 0 Å². The molecule has 0 radical (unpaired) electrons. The van der Waals surface area contributed by atoms with Crippen LogP contribution in [-0.2, 0) is 0 Å². The van der Waals surface area contributed by atoms with Crippen LogP contribution in [0.25, 0.3) is 55.5 Å². The maximum Gasteiger partial charge on any atom is 0.137 e. The molecule has 2 aliphatic rings. The van der Waals surface area contributed by atoms with Crippen LogP contribution in [0, 0.1) is 0 Å². The summed E-state index contributed by atoms with van der Waals surface area (Å²) in [4.78, 5) is 10.2. The zero-order valence-electron chi connectivity index (χ0n) is 22.7. The van der Waals surface area contributed by atoms with Gasteiger partial charge >= 0.3 is 0 Å². The van der Waals surface area contributed by atoms with Crippen molar-refractivity contribution in [2.45, 2.75) is 12.3 Å². The summed E-state index contributed by atoms with van der Waals surface area (Å²) in [5.74, 6) is 2.33. The molecule has 4 heterocycles. The van der Waals surface area contributed by atoms with Crippen LogP contribution >= 0.6 is 0 Å². The number of imidazole rings is 1. The normalized spacial score (nSPS) is 15.8.